The summed E-state index contributed by atoms with van der Waals surface area (Å²) in [5.41, 5.74) is 3.15. The molecule has 0 aliphatic rings. The van der Waals surface area contributed by atoms with Crippen LogP contribution in [0.5, 0.6) is 0 Å². The van der Waals surface area contributed by atoms with E-state index in [-0.39, 0.29) is 11.9 Å². The summed E-state index contributed by atoms with van der Waals surface area (Å²) in [6.45, 7) is 2.78. The smallest absolute Gasteiger partial charge is 0.123 e. The van der Waals surface area contributed by atoms with Gasteiger partial charge in [0.1, 0.15) is 5.82 Å². The molecule has 0 bridgehead atoms. The molecule has 2 nitrogen and oxygen atoms in total. The maximum atomic E-state index is 13.2. The van der Waals surface area contributed by atoms with Crippen LogP contribution in [0.15, 0.2) is 60.8 Å². The van der Waals surface area contributed by atoms with E-state index in [1.807, 2.05) is 25.1 Å². The molecule has 0 fully saturated rings. The van der Waals surface area contributed by atoms with E-state index in [0.29, 0.717) is 0 Å². The number of hydrogen-bond acceptors (Lipinski definition) is 2. The zero-order valence-corrected chi connectivity index (χ0v) is 11.9. The number of nitrogens with one attached hydrogen (secondary N) is 1. The lowest BCUT2D eigenvalue weighted by Crippen LogP contribution is -2.18. The third-order valence-corrected chi connectivity index (χ3v) is 3.63. The molecule has 0 amide bonds. The van der Waals surface area contributed by atoms with Crippen LogP contribution in [0.4, 0.5) is 4.39 Å². The van der Waals surface area contributed by atoms with Gasteiger partial charge in [-0.05, 0) is 48.4 Å². The Labute approximate surface area is 123 Å². The standard InChI is InChI=1S/C18H17FN2/c1-13(15-4-2-6-17(19)11-15)21-12-14-7-8-18-16(10-14)5-3-9-20-18/h2-11,13,21H,12H2,1H3. The Morgan fingerprint density at radius 2 is 2.00 bits per heavy atom. The topological polar surface area (TPSA) is 24.9 Å². The summed E-state index contributed by atoms with van der Waals surface area (Å²) in [7, 11) is 0. The molecule has 1 N–H and O–H groups in total. The SMILES string of the molecule is CC(NCc1ccc2ncccc2c1)c1cccc(F)c1. The highest BCUT2D eigenvalue weighted by Gasteiger charge is 2.06. The first-order valence-corrected chi connectivity index (χ1v) is 7.05. The Morgan fingerprint density at radius 1 is 1.10 bits per heavy atom. The maximum Gasteiger partial charge on any atom is 0.123 e. The Bertz CT molecular complexity index is 755. The van der Waals surface area contributed by atoms with Crippen LogP contribution in [0.3, 0.4) is 0 Å². The number of halogens is 1. The number of nitrogens with zero attached hydrogens (tertiary/aromatic N) is 1. The molecule has 3 aromatic rings. The minimum atomic E-state index is -0.196. The summed E-state index contributed by atoms with van der Waals surface area (Å²) in [5.74, 6) is -0.196. The van der Waals surface area contributed by atoms with Crippen molar-refractivity contribution in [2.75, 3.05) is 0 Å². The van der Waals surface area contributed by atoms with Gasteiger partial charge in [-0.3, -0.25) is 4.98 Å². The molecule has 0 aliphatic carbocycles. The summed E-state index contributed by atoms with van der Waals surface area (Å²) in [4.78, 5) is 4.31. The van der Waals surface area contributed by atoms with E-state index in [4.69, 9.17) is 0 Å². The third-order valence-electron chi connectivity index (χ3n) is 3.63. The summed E-state index contributed by atoms with van der Waals surface area (Å²) in [6.07, 6.45) is 1.80. The van der Waals surface area contributed by atoms with Crippen molar-refractivity contribution in [2.45, 2.75) is 19.5 Å². The van der Waals surface area contributed by atoms with Crippen LogP contribution in [0.25, 0.3) is 10.9 Å². The average molecular weight is 280 g/mol. The van der Waals surface area contributed by atoms with Crippen LogP contribution in [0, 0.1) is 5.82 Å². The number of rotatable bonds is 4. The predicted octanol–water partition coefficient (Wildman–Crippen LogP) is 4.22. The molecule has 1 heterocycles. The summed E-state index contributed by atoms with van der Waals surface area (Å²) in [5, 5.41) is 4.55. The molecule has 0 saturated heterocycles. The van der Waals surface area contributed by atoms with E-state index in [2.05, 4.69) is 28.5 Å². The zero-order chi connectivity index (χ0) is 14.7. The average Bonchev–Trinajstić information content (AvgIpc) is 2.52. The molecule has 1 atom stereocenters. The molecule has 1 unspecified atom stereocenters. The van der Waals surface area contributed by atoms with Gasteiger partial charge < -0.3 is 5.32 Å². The van der Waals surface area contributed by atoms with Gasteiger partial charge in [-0.2, -0.15) is 0 Å². The van der Waals surface area contributed by atoms with E-state index in [1.54, 1.807) is 18.3 Å². The van der Waals surface area contributed by atoms with E-state index in [1.165, 1.54) is 11.6 Å². The van der Waals surface area contributed by atoms with Gasteiger partial charge >= 0.3 is 0 Å². The number of aromatic nitrogens is 1. The molecule has 21 heavy (non-hydrogen) atoms. The third kappa shape index (κ3) is 3.26. The minimum Gasteiger partial charge on any atom is -0.306 e. The van der Waals surface area contributed by atoms with E-state index >= 15 is 0 Å². The van der Waals surface area contributed by atoms with Crippen LogP contribution >= 0.6 is 0 Å². The van der Waals surface area contributed by atoms with Crippen molar-refractivity contribution in [1.29, 1.82) is 0 Å². The van der Waals surface area contributed by atoms with Gasteiger partial charge in [-0.1, -0.05) is 24.3 Å². The van der Waals surface area contributed by atoms with Gasteiger partial charge in [0.25, 0.3) is 0 Å². The number of fused-ring (bicyclic) bond motifs is 1. The molecular weight excluding hydrogens is 263 g/mol. The first-order chi connectivity index (χ1) is 10.2. The molecule has 3 heteroatoms. The maximum absolute atomic E-state index is 13.2. The quantitative estimate of drug-likeness (QED) is 0.773. The van der Waals surface area contributed by atoms with Crippen LogP contribution in [-0.4, -0.2) is 4.98 Å². The second-order valence-electron chi connectivity index (χ2n) is 5.19. The van der Waals surface area contributed by atoms with Crippen LogP contribution in [-0.2, 0) is 6.54 Å². The highest BCUT2D eigenvalue weighted by atomic mass is 19.1. The Morgan fingerprint density at radius 3 is 2.86 bits per heavy atom. The molecular formula is C18H17FN2. The fourth-order valence-corrected chi connectivity index (χ4v) is 2.40. The predicted molar refractivity (Wildman–Crippen MR) is 83.4 cm³/mol. The first-order valence-electron chi connectivity index (χ1n) is 7.05. The molecule has 3 rings (SSSR count). The van der Waals surface area contributed by atoms with Crippen molar-refractivity contribution in [2.24, 2.45) is 0 Å². The lowest BCUT2D eigenvalue weighted by molar-refractivity contribution is 0.565. The van der Waals surface area contributed by atoms with Gasteiger partial charge in [0.2, 0.25) is 0 Å². The fraction of sp³-hybridized carbons (Fsp3) is 0.167. The number of hydrogen-bond donors (Lipinski definition) is 1. The van der Waals surface area contributed by atoms with Crippen molar-refractivity contribution in [3.05, 3.63) is 77.7 Å². The van der Waals surface area contributed by atoms with Gasteiger partial charge in [0.15, 0.2) is 0 Å². The summed E-state index contributed by atoms with van der Waals surface area (Å²) >= 11 is 0. The van der Waals surface area contributed by atoms with Crippen molar-refractivity contribution in [3.8, 4) is 0 Å². The fourth-order valence-electron chi connectivity index (χ4n) is 2.40. The molecule has 2 aromatic carbocycles. The molecule has 0 aliphatic heterocycles. The van der Waals surface area contributed by atoms with Crippen molar-refractivity contribution in [1.82, 2.24) is 10.3 Å². The molecule has 1 aromatic heterocycles. The van der Waals surface area contributed by atoms with E-state index in [0.717, 1.165) is 23.0 Å². The second kappa shape index (κ2) is 6.02. The van der Waals surface area contributed by atoms with Gasteiger partial charge in [0.05, 0.1) is 5.52 Å². The number of pyridine rings is 1. The number of benzene rings is 2. The van der Waals surface area contributed by atoms with Crippen LogP contribution < -0.4 is 5.32 Å². The lowest BCUT2D eigenvalue weighted by atomic mass is 10.1. The van der Waals surface area contributed by atoms with Gasteiger partial charge in [-0.15, -0.1) is 0 Å². The monoisotopic (exact) mass is 280 g/mol. The Balaban J connectivity index is 1.71. The van der Waals surface area contributed by atoms with E-state index < -0.39 is 0 Å². The summed E-state index contributed by atoms with van der Waals surface area (Å²) < 4.78 is 13.2. The van der Waals surface area contributed by atoms with Gasteiger partial charge in [-0.25, -0.2) is 4.39 Å². The highest BCUT2D eigenvalue weighted by molar-refractivity contribution is 5.78. The summed E-state index contributed by atoms with van der Waals surface area (Å²) in [6, 6.07) is 17.0. The van der Waals surface area contributed by atoms with Crippen LogP contribution in [0.2, 0.25) is 0 Å². The van der Waals surface area contributed by atoms with Crippen molar-refractivity contribution < 1.29 is 4.39 Å². The minimum absolute atomic E-state index is 0.102. The van der Waals surface area contributed by atoms with Crippen molar-refractivity contribution in [3.63, 3.8) is 0 Å². The Hall–Kier alpha value is -2.26. The largest absolute Gasteiger partial charge is 0.306 e. The van der Waals surface area contributed by atoms with Crippen molar-refractivity contribution >= 4 is 10.9 Å². The van der Waals surface area contributed by atoms with Crippen LogP contribution in [0.1, 0.15) is 24.1 Å². The normalized spacial score (nSPS) is 12.5. The molecule has 0 spiro atoms. The zero-order valence-electron chi connectivity index (χ0n) is 11.9. The molecule has 106 valence electrons. The highest BCUT2D eigenvalue weighted by Crippen LogP contribution is 2.16. The van der Waals surface area contributed by atoms with Gasteiger partial charge in [0, 0.05) is 24.2 Å². The second-order valence-corrected chi connectivity index (χ2v) is 5.19. The first kappa shape index (κ1) is 13.7. The van der Waals surface area contributed by atoms with E-state index in [9.17, 15) is 4.39 Å². The molecule has 0 radical (unpaired) electrons. The Kier molecular flexibility index (Phi) is 3.93. The lowest BCUT2D eigenvalue weighted by Gasteiger charge is -2.14. The molecule has 0 saturated carbocycles.